The Morgan fingerprint density at radius 1 is 1.13 bits per heavy atom. The van der Waals surface area contributed by atoms with Gasteiger partial charge < -0.3 is 4.74 Å². The Labute approximate surface area is 137 Å². The van der Waals surface area contributed by atoms with Crippen molar-refractivity contribution in [2.24, 2.45) is 0 Å². The van der Waals surface area contributed by atoms with E-state index in [9.17, 15) is 8.42 Å². The highest BCUT2D eigenvalue weighted by atomic mass is 32.2. The van der Waals surface area contributed by atoms with E-state index in [1.165, 1.54) is 0 Å². The molecule has 3 rings (SSSR count). The maximum Gasteiger partial charge on any atom is 0.264 e. The lowest BCUT2D eigenvalue weighted by Crippen LogP contribution is -2.36. The second-order valence-corrected chi connectivity index (χ2v) is 7.85. The van der Waals surface area contributed by atoms with E-state index in [0.29, 0.717) is 16.2 Å². The van der Waals surface area contributed by atoms with Gasteiger partial charge in [-0.2, -0.15) is 0 Å². The topological polar surface area (TPSA) is 46.6 Å². The molecule has 1 heterocycles. The van der Waals surface area contributed by atoms with Gasteiger partial charge in [0.05, 0.1) is 17.7 Å². The number of fused-ring (bicyclic) bond motifs is 1. The number of para-hydroxylation sites is 1. The van der Waals surface area contributed by atoms with E-state index >= 15 is 0 Å². The lowest BCUT2D eigenvalue weighted by atomic mass is 10.1. The molecule has 1 aliphatic rings. The van der Waals surface area contributed by atoms with Crippen molar-refractivity contribution in [1.29, 1.82) is 0 Å². The number of hydrogen-bond donors (Lipinski definition) is 0. The van der Waals surface area contributed by atoms with Crippen LogP contribution in [0.3, 0.4) is 0 Å². The molecule has 1 unspecified atom stereocenters. The number of benzene rings is 2. The number of nitrogens with zero attached hydrogens (tertiary/aromatic N) is 1. The van der Waals surface area contributed by atoms with Crippen molar-refractivity contribution >= 4 is 15.7 Å². The summed E-state index contributed by atoms with van der Waals surface area (Å²) in [5.74, 6) is 0.705. The fourth-order valence-corrected chi connectivity index (χ4v) is 5.26. The molecular weight excluding hydrogens is 310 g/mol. The Morgan fingerprint density at radius 3 is 2.52 bits per heavy atom. The standard InChI is InChI=1S/C18H21NO3S/c1-12-10-18(13(2)9-17(12)22-4)23(20,21)19-14(3)11-15-7-5-6-8-16(15)19/h5-10,14H,11H2,1-4H3. The second-order valence-electron chi connectivity index (χ2n) is 6.07. The van der Waals surface area contributed by atoms with E-state index in [0.717, 1.165) is 23.2 Å². The van der Waals surface area contributed by atoms with Gasteiger partial charge in [0.1, 0.15) is 5.75 Å². The molecule has 0 saturated heterocycles. The highest BCUT2D eigenvalue weighted by Crippen LogP contribution is 2.38. The molecule has 1 atom stereocenters. The minimum absolute atomic E-state index is 0.0841. The third kappa shape index (κ3) is 2.49. The summed E-state index contributed by atoms with van der Waals surface area (Å²) in [6.07, 6.45) is 0.740. The number of sulfonamides is 1. The Morgan fingerprint density at radius 2 is 1.83 bits per heavy atom. The number of rotatable bonds is 3. The molecule has 1 aliphatic heterocycles. The van der Waals surface area contributed by atoms with Crippen molar-refractivity contribution < 1.29 is 13.2 Å². The van der Waals surface area contributed by atoms with Crippen molar-refractivity contribution in [3.05, 3.63) is 53.1 Å². The van der Waals surface area contributed by atoms with Crippen molar-refractivity contribution in [3.8, 4) is 5.75 Å². The molecule has 23 heavy (non-hydrogen) atoms. The molecule has 4 nitrogen and oxygen atoms in total. The smallest absolute Gasteiger partial charge is 0.264 e. The number of aryl methyl sites for hydroxylation is 2. The molecule has 5 heteroatoms. The van der Waals surface area contributed by atoms with E-state index in [1.54, 1.807) is 23.5 Å². The summed E-state index contributed by atoms with van der Waals surface area (Å²) in [6, 6.07) is 11.1. The van der Waals surface area contributed by atoms with Gasteiger partial charge in [-0.1, -0.05) is 18.2 Å². The predicted molar refractivity (Wildman–Crippen MR) is 91.7 cm³/mol. The maximum atomic E-state index is 13.3. The van der Waals surface area contributed by atoms with Crippen molar-refractivity contribution in [2.45, 2.75) is 38.1 Å². The molecular formula is C18H21NO3S. The normalized spacial score (nSPS) is 17.2. The van der Waals surface area contributed by atoms with Crippen molar-refractivity contribution in [1.82, 2.24) is 0 Å². The molecule has 0 radical (unpaired) electrons. The van der Waals surface area contributed by atoms with Gasteiger partial charge in [0, 0.05) is 6.04 Å². The largest absolute Gasteiger partial charge is 0.496 e. The van der Waals surface area contributed by atoms with Crippen LogP contribution in [-0.4, -0.2) is 21.6 Å². The molecule has 2 aromatic carbocycles. The van der Waals surface area contributed by atoms with Crippen molar-refractivity contribution in [2.75, 3.05) is 11.4 Å². The first-order valence-corrected chi connectivity index (χ1v) is 9.08. The number of anilines is 1. The Balaban J connectivity index is 2.15. The first kappa shape index (κ1) is 15.9. The highest BCUT2D eigenvalue weighted by Gasteiger charge is 2.36. The summed E-state index contributed by atoms with van der Waals surface area (Å²) in [5, 5.41) is 0. The Bertz CT molecular complexity index is 859. The van der Waals surface area contributed by atoms with Gasteiger partial charge >= 0.3 is 0 Å². The predicted octanol–water partition coefficient (Wildman–Crippen LogP) is 3.45. The molecule has 2 aromatic rings. The van der Waals surface area contributed by atoms with E-state index in [4.69, 9.17) is 4.74 Å². The molecule has 0 N–H and O–H groups in total. The first-order chi connectivity index (χ1) is 10.9. The molecule has 0 aliphatic carbocycles. The van der Waals surface area contributed by atoms with E-state index in [-0.39, 0.29) is 6.04 Å². The molecule has 0 amide bonds. The van der Waals surface area contributed by atoms with Gasteiger partial charge in [-0.05, 0) is 62.1 Å². The minimum Gasteiger partial charge on any atom is -0.496 e. The van der Waals surface area contributed by atoms with Crippen LogP contribution in [0.2, 0.25) is 0 Å². The van der Waals surface area contributed by atoms with Crippen LogP contribution in [0.25, 0.3) is 0 Å². The van der Waals surface area contributed by atoms with Crippen LogP contribution in [0.4, 0.5) is 5.69 Å². The van der Waals surface area contributed by atoms with Crippen molar-refractivity contribution in [3.63, 3.8) is 0 Å². The van der Waals surface area contributed by atoms with Gasteiger partial charge in [-0.25, -0.2) is 8.42 Å². The van der Waals surface area contributed by atoms with Gasteiger partial charge in [0.25, 0.3) is 10.0 Å². The minimum atomic E-state index is -3.60. The summed E-state index contributed by atoms with van der Waals surface area (Å²) >= 11 is 0. The second kappa shape index (κ2) is 5.57. The fourth-order valence-electron chi connectivity index (χ4n) is 3.27. The van der Waals surface area contributed by atoms with Crippen LogP contribution in [-0.2, 0) is 16.4 Å². The third-order valence-electron chi connectivity index (χ3n) is 4.37. The third-order valence-corrected chi connectivity index (χ3v) is 6.44. The Hall–Kier alpha value is -2.01. The summed E-state index contributed by atoms with van der Waals surface area (Å²) < 4.78 is 33.4. The molecule has 0 bridgehead atoms. The monoisotopic (exact) mass is 331 g/mol. The van der Waals surface area contributed by atoms with Crippen LogP contribution in [0.15, 0.2) is 41.3 Å². The van der Waals surface area contributed by atoms with Gasteiger partial charge in [-0.15, -0.1) is 0 Å². The van der Waals surface area contributed by atoms with Crippen LogP contribution in [0.5, 0.6) is 5.75 Å². The number of ether oxygens (including phenoxy) is 1. The lowest BCUT2D eigenvalue weighted by molar-refractivity contribution is 0.411. The van der Waals surface area contributed by atoms with Gasteiger partial charge in [0.15, 0.2) is 0 Å². The summed E-state index contributed by atoms with van der Waals surface area (Å²) in [5.41, 5.74) is 3.38. The zero-order valence-corrected chi connectivity index (χ0v) is 14.6. The lowest BCUT2D eigenvalue weighted by Gasteiger charge is -2.25. The zero-order chi connectivity index (χ0) is 16.8. The summed E-state index contributed by atoms with van der Waals surface area (Å²) in [7, 11) is -2.01. The van der Waals surface area contributed by atoms with Crippen LogP contribution in [0, 0.1) is 13.8 Å². The molecule has 0 spiro atoms. The summed E-state index contributed by atoms with van der Waals surface area (Å²) in [6.45, 7) is 5.61. The Kier molecular flexibility index (Phi) is 3.84. The van der Waals surface area contributed by atoms with E-state index in [2.05, 4.69) is 0 Å². The van der Waals surface area contributed by atoms with E-state index in [1.807, 2.05) is 45.0 Å². The average molecular weight is 331 g/mol. The van der Waals surface area contributed by atoms with Gasteiger partial charge in [0.2, 0.25) is 0 Å². The maximum absolute atomic E-state index is 13.3. The number of methoxy groups -OCH3 is 1. The molecule has 0 aromatic heterocycles. The van der Waals surface area contributed by atoms with Gasteiger partial charge in [-0.3, -0.25) is 4.31 Å². The first-order valence-electron chi connectivity index (χ1n) is 7.64. The quantitative estimate of drug-likeness (QED) is 0.865. The summed E-state index contributed by atoms with van der Waals surface area (Å²) in [4.78, 5) is 0.347. The zero-order valence-electron chi connectivity index (χ0n) is 13.8. The van der Waals surface area contributed by atoms with Crippen LogP contribution in [0.1, 0.15) is 23.6 Å². The fraction of sp³-hybridized carbons (Fsp3) is 0.333. The van der Waals surface area contributed by atoms with Crippen LogP contribution >= 0.6 is 0 Å². The average Bonchev–Trinajstić information content (AvgIpc) is 2.85. The molecule has 0 fully saturated rings. The van der Waals surface area contributed by atoms with E-state index < -0.39 is 10.0 Å². The van der Waals surface area contributed by atoms with Crippen LogP contribution < -0.4 is 9.04 Å². The number of hydrogen-bond acceptors (Lipinski definition) is 3. The highest BCUT2D eigenvalue weighted by molar-refractivity contribution is 7.93. The SMILES string of the molecule is COc1cc(C)c(S(=O)(=O)N2c3ccccc3CC2C)cc1C. The molecule has 0 saturated carbocycles. The molecule has 122 valence electrons.